The molecule has 1 amide bonds. The number of nitriles is 1. The van der Waals surface area contributed by atoms with E-state index in [0.29, 0.717) is 17.7 Å². The lowest BCUT2D eigenvalue weighted by Gasteiger charge is -2.11. The number of aliphatic hydroxyl groups excluding tert-OH is 1. The van der Waals surface area contributed by atoms with Crippen molar-refractivity contribution in [2.75, 3.05) is 13.2 Å². The Balaban J connectivity index is 2.73. The maximum Gasteiger partial charge on any atom is 0.251 e. The summed E-state index contributed by atoms with van der Waals surface area (Å²) in [6.45, 7) is 4.14. The van der Waals surface area contributed by atoms with Crippen LogP contribution in [-0.4, -0.2) is 24.2 Å². The topological polar surface area (TPSA) is 73.1 Å². The van der Waals surface area contributed by atoms with Crippen LogP contribution < -0.4 is 5.32 Å². The molecule has 4 nitrogen and oxygen atoms in total. The van der Waals surface area contributed by atoms with Crippen molar-refractivity contribution >= 4 is 5.91 Å². The smallest absolute Gasteiger partial charge is 0.251 e. The SMILES string of the molecule is Cc1cc(C#N)ccc1C(=O)NCC(C)CO. The summed E-state index contributed by atoms with van der Waals surface area (Å²) in [6.07, 6.45) is 0. The van der Waals surface area contributed by atoms with Crippen molar-refractivity contribution in [3.8, 4) is 6.07 Å². The predicted molar refractivity (Wildman–Crippen MR) is 64.5 cm³/mol. The van der Waals surface area contributed by atoms with Gasteiger partial charge in [-0.2, -0.15) is 5.26 Å². The largest absolute Gasteiger partial charge is 0.396 e. The van der Waals surface area contributed by atoms with E-state index in [2.05, 4.69) is 5.32 Å². The number of carbonyl (C=O) groups excluding carboxylic acids is 1. The van der Waals surface area contributed by atoms with Crippen LogP contribution in [-0.2, 0) is 0 Å². The molecule has 90 valence electrons. The summed E-state index contributed by atoms with van der Waals surface area (Å²) in [4.78, 5) is 11.8. The molecule has 0 aliphatic rings. The van der Waals surface area contributed by atoms with Gasteiger partial charge in [-0.05, 0) is 36.6 Å². The van der Waals surface area contributed by atoms with Crippen molar-refractivity contribution in [3.63, 3.8) is 0 Å². The highest BCUT2D eigenvalue weighted by molar-refractivity contribution is 5.95. The summed E-state index contributed by atoms with van der Waals surface area (Å²) in [5.41, 5.74) is 1.88. The van der Waals surface area contributed by atoms with Gasteiger partial charge in [0.05, 0.1) is 11.6 Å². The average Bonchev–Trinajstić information content (AvgIpc) is 2.35. The second-order valence-corrected chi connectivity index (χ2v) is 4.14. The first kappa shape index (κ1) is 13.2. The molecule has 0 heterocycles. The van der Waals surface area contributed by atoms with Crippen molar-refractivity contribution in [1.82, 2.24) is 5.32 Å². The van der Waals surface area contributed by atoms with Gasteiger partial charge in [-0.3, -0.25) is 4.79 Å². The van der Waals surface area contributed by atoms with Crippen molar-refractivity contribution < 1.29 is 9.90 Å². The zero-order valence-electron chi connectivity index (χ0n) is 10.0. The molecule has 1 unspecified atom stereocenters. The third kappa shape index (κ3) is 3.58. The Labute approximate surface area is 101 Å². The van der Waals surface area contributed by atoms with Gasteiger partial charge < -0.3 is 10.4 Å². The van der Waals surface area contributed by atoms with E-state index < -0.39 is 0 Å². The minimum atomic E-state index is -0.174. The molecule has 1 rings (SSSR count). The van der Waals surface area contributed by atoms with Gasteiger partial charge in [0.1, 0.15) is 0 Å². The van der Waals surface area contributed by atoms with E-state index in [9.17, 15) is 4.79 Å². The summed E-state index contributed by atoms with van der Waals surface area (Å²) >= 11 is 0. The number of nitrogens with zero attached hydrogens (tertiary/aromatic N) is 1. The summed E-state index contributed by atoms with van der Waals surface area (Å²) in [7, 11) is 0. The number of rotatable bonds is 4. The molecule has 0 saturated heterocycles. The van der Waals surface area contributed by atoms with Crippen molar-refractivity contribution in [3.05, 3.63) is 34.9 Å². The Bertz CT molecular complexity index is 449. The molecular weight excluding hydrogens is 216 g/mol. The molecule has 0 aliphatic heterocycles. The third-order valence-corrected chi connectivity index (χ3v) is 2.52. The van der Waals surface area contributed by atoms with Gasteiger partial charge in [0.25, 0.3) is 5.91 Å². The third-order valence-electron chi connectivity index (χ3n) is 2.52. The van der Waals surface area contributed by atoms with Gasteiger partial charge in [-0.1, -0.05) is 6.92 Å². The van der Waals surface area contributed by atoms with Crippen molar-refractivity contribution in [2.45, 2.75) is 13.8 Å². The lowest BCUT2D eigenvalue weighted by Crippen LogP contribution is -2.30. The summed E-state index contributed by atoms with van der Waals surface area (Å²) in [5, 5.41) is 20.3. The number of carbonyl (C=O) groups is 1. The van der Waals surface area contributed by atoms with Crippen LogP contribution in [0.15, 0.2) is 18.2 Å². The van der Waals surface area contributed by atoms with Crippen LogP contribution in [0.3, 0.4) is 0 Å². The van der Waals surface area contributed by atoms with Gasteiger partial charge >= 0.3 is 0 Å². The summed E-state index contributed by atoms with van der Waals surface area (Å²) in [5.74, 6) is -0.134. The number of hydrogen-bond donors (Lipinski definition) is 2. The number of benzene rings is 1. The molecule has 2 N–H and O–H groups in total. The number of amides is 1. The van der Waals surface area contributed by atoms with E-state index in [1.54, 1.807) is 25.1 Å². The molecule has 4 heteroatoms. The Kier molecular flexibility index (Phi) is 4.68. The highest BCUT2D eigenvalue weighted by Crippen LogP contribution is 2.10. The van der Waals surface area contributed by atoms with Crippen molar-refractivity contribution in [1.29, 1.82) is 5.26 Å². The lowest BCUT2D eigenvalue weighted by atomic mass is 10.0. The predicted octanol–water partition coefficient (Wildman–Crippen LogP) is 1.22. The van der Waals surface area contributed by atoms with Gasteiger partial charge in [0.2, 0.25) is 0 Å². The second kappa shape index (κ2) is 6.02. The minimum absolute atomic E-state index is 0.0395. The Morgan fingerprint density at radius 2 is 2.29 bits per heavy atom. The first-order valence-electron chi connectivity index (χ1n) is 5.48. The standard InChI is InChI=1S/C13H16N2O2/c1-9(8-16)7-15-13(17)12-4-3-11(6-14)5-10(12)2/h3-5,9,16H,7-8H2,1-2H3,(H,15,17). The molecule has 1 aromatic rings. The van der Waals surface area contributed by atoms with Crippen LogP contribution in [0, 0.1) is 24.2 Å². The molecule has 0 aromatic heterocycles. The number of hydrogen-bond acceptors (Lipinski definition) is 3. The van der Waals surface area contributed by atoms with Gasteiger partial charge in [-0.25, -0.2) is 0 Å². The average molecular weight is 232 g/mol. The Hall–Kier alpha value is -1.86. The molecule has 0 spiro atoms. The maximum atomic E-state index is 11.8. The van der Waals surface area contributed by atoms with E-state index in [0.717, 1.165) is 5.56 Å². The zero-order valence-corrected chi connectivity index (χ0v) is 10.0. The van der Waals surface area contributed by atoms with Crippen LogP contribution in [0.25, 0.3) is 0 Å². The molecule has 1 aromatic carbocycles. The van der Waals surface area contributed by atoms with Gasteiger partial charge in [0, 0.05) is 18.7 Å². The van der Waals surface area contributed by atoms with Crippen LogP contribution in [0.2, 0.25) is 0 Å². The minimum Gasteiger partial charge on any atom is -0.396 e. The quantitative estimate of drug-likeness (QED) is 0.819. The van der Waals surface area contributed by atoms with E-state index in [-0.39, 0.29) is 18.4 Å². The number of nitrogens with one attached hydrogen (secondary N) is 1. The molecule has 0 saturated carbocycles. The summed E-state index contributed by atoms with van der Waals surface area (Å²) in [6, 6.07) is 6.98. The van der Waals surface area contributed by atoms with Crippen LogP contribution in [0.4, 0.5) is 0 Å². The summed E-state index contributed by atoms with van der Waals surface area (Å²) < 4.78 is 0. The van der Waals surface area contributed by atoms with E-state index in [1.165, 1.54) is 0 Å². The van der Waals surface area contributed by atoms with Gasteiger partial charge in [-0.15, -0.1) is 0 Å². The normalized spacial score (nSPS) is 11.6. The molecule has 0 aliphatic carbocycles. The maximum absolute atomic E-state index is 11.8. The van der Waals surface area contributed by atoms with E-state index in [1.807, 2.05) is 13.0 Å². The first-order valence-corrected chi connectivity index (χ1v) is 5.48. The second-order valence-electron chi connectivity index (χ2n) is 4.14. The first-order chi connectivity index (χ1) is 8.08. The fourth-order valence-corrected chi connectivity index (χ4v) is 1.41. The fraction of sp³-hybridized carbons (Fsp3) is 0.385. The molecule has 0 radical (unpaired) electrons. The highest BCUT2D eigenvalue weighted by Gasteiger charge is 2.10. The molecule has 0 bridgehead atoms. The molecule has 17 heavy (non-hydrogen) atoms. The molecule has 0 fully saturated rings. The van der Waals surface area contributed by atoms with E-state index in [4.69, 9.17) is 10.4 Å². The molecule has 1 atom stereocenters. The van der Waals surface area contributed by atoms with E-state index >= 15 is 0 Å². The number of aryl methyl sites for hydroxylation is 1. The lowest BCUT2D eigenvalue weighted by molar-refractivity contribution is 0.0941. The van der Waals surface area contributed by atoms with Crippen molar-refractivity contribution in [2.24, 2.45) is 5.92 Å². The highest BCUT2D eigenvalue weighted by atomic mass is 16.3. The van der Waals surface area contributed by atoms with Crippen LogP contribution >= 0.6 is 0 Å². The zero-order chi connectivity index (χ0) is 12.8. The number of aliphatic hydroxyl groups is 1. The Morgan fingerprint density at radius 1 is 1.59 bits per heavy atom. The van der Waals surface area contributed by atoms with Crippen LogP contribution in [0.1, 0.15) is 28.4 Å². The molecular formula is C13H16N2O2. The van der Waals surface area contributed by atoms with Crippen LogP contribution in [0.5, 0.6) is 0 Å². The monoisotopic (exact) mass is 232 g/mol. The fourth-order valence-electron chi connectivity index (χ4n) is 1.41. The van der Waals surface area contributed by atoms with Gasteiger partial charge in [0.15, 0.2) is 0 Å². The Morgan fingerprint density at radius 3 is 2.82 bits per heavy atom.